The molecule has 2 aromatic rings. The molecule has 0 saturated carbocycles. The van der Waals surface area contributed by atoms with Crippen LogP contribution in [-0.4, -0.2) is 30.5 Å². The van der Waals surface area contributed by atoms with Crippen molar-refractivity contribution in [2.24, 2.45) is 0 Å². The molecule has 2 N–H and O–H groups in total. The van der Waals surface area contributed by atoms with Crippen molar-refractivity contribution in [3.05, 3.63) is 6.20 Å². The van der Waals surface area contributed by atoms with Gasteiger partial charge in [-0.05, 0) is 0 Å². The molecule has 2 heterocycles. The minimum absolute atomic E-state index is 0.290. The topological polar surface area (TPSA) is 87.6 Å². The zero-order valence-electron chi connectivity index (χ0n) is 4.81. The van der Waals surface area contributed by atoms with Gasteiger partial charge in [-0.3, -0.25) is 5.10 Å². The Hall–Kier alpha value is -1.72. The lowest BCUT2D eigenvalue weighted by molar-refractivity contribution is 0.432. The molecular weight excluding hydrogens is 134 g/mol. The lowest BCUT2D eigenvalue weighted by Crippen LogP contribution is -1.80. The van der Waals surface area contributed by atoms with Gasteiger partial charge in [0, 0.05) is 0 Å². The third-order valence-electron chi connectivity index (χ3n) is 1.07. The fourth-order valence-electron chi connectivity index (χ4n) is 0.645. The van der Waals surface area contributed by atoms with Crippen LogP contribution in [0, 0.1) is 0 Å². The average Bonchev–Trinajstić information content (AvgIpc) is 2.33. The van der Waals surface area contributed by atoms with E-state index in [9.17, 15) is 0 Å². The highest BCUT2D eigenvalue weighted by molar-refractivity contribution is 5.67. The van der Waals surface area contributed by atoms with Crippen LogP contribution in [0.1, 0.15) is 0 Å². The Morgan fingerprint density at radius 3 is 3.30 bits per heavy atom. The first-order valence-corrected chi connectivity index (χ1v) is 2.59. The molecule has 0 aliphatic carbocycles. The van der Waals surface area contributed by atoms with E-state index in [-0.39, 0.29) is 6.01 Å². The van der Waals surface area contributed by atoms with Crippen LogP contribution < -0.4 is 0 Å². The molecule has 6 nitrogen and oxygen atoms in total. The Bertz CT molecular complexity index is 355. The molecule has 0 bridgehead atoms. The quantitative estimate of drug-likeness (QED) is 0.508. The largest absolute Gasteiger partial charge is 0.479 e. The maximum Gasteiger partial charge on any atom is 0.316 e. The van der Waals surface area contributed by atoms with E-state index < -0.39 is 0 Å². The van der Waals surface area contributed by atoms with Crippen LogP contribution in [0.4, 0.5) is 0 Å². The fourth-order valence-corrected chi connectivity index (χ4v) is 0.645. The molecule has 50 valence electrons. The fraction of sp³-hybridized carbons (Fsp3) is 0. The Morgan fingerprint density at radius 1 is 1.50 bits per heavy atom. The van der Waals surface area contributed by atoms with E-state index in [0.717, 1.165) is 0 Å². The highest BCUT2D eigenvalue weighted by Gasteiger charge is 1.98. The van der Waals surface area contributed by atoms with E-state index in [1.165, 1.54) is 6.20 Å². The van der Waals surface area contributed by atoms with Gasteiger partial charge < -0.3 is 5.11 Å². The van der Waals surface area contributed by atoms with Crippen LogP contribution in [0.5, 0.6) is 6.01 Å². The third kappa shape index (κ3) is 0.586. The van der Waals surface area contributed by atoms with Crippen molar-refractivity contribution in [2.45, 2.75) is 0 Å². The van der Waals surface area contributed by atoms with Crippen LogP contribution in [0.25, 0.3) is 11.2 Å². The number of hydrogen-bond acceptors (Lipinski definition) is 5. The molecule has 0 unspecified atom stereocenters. The van der Waals surface area contributed by atoms with Crippen molar-refractivity contribution in [3.63, 3.8) is 0 Å². The summed E-state index contributed by atoms with van der Waals surface area (Å²) in [5.41, 5.74) is 0.977. The molecule has 2 rings (SSSR count). The van der Waals surface area contributed by atoms with Crippen molar-refractivity contribution >= 4 is 11.2 Å². The van der Waals surface area contributed by atoms with Gasteiger partial charge >= 0.3 is 6.01 Å². The summed E-state index contributed by atoms with van der Waals surface area (Å²) in [5.74, 6) is 0. The first-order chi connectivity index (χ1) is 4.86. The normalized spacial score (nSPS) is 10.4. The number of fused-ring (bicyclic) bond motifs is 1. The van der Waals surface area contributed by atoms with Crippen LogP contribution >= 0.6 is 0 Å². The number of nitrogens with zero attached hydrogens (tertiary/aromatic N) is 4. The highest BCUT2D eigenvalue weighted by Crippen LogP contribution is 2.04. The number of H-pyrrole nitrogens is 1. The lowest BCUT2D eigenvalue weighted by Gasteiger charge is -1.84. The minimum atomic E-state index is -0.290. The van der Waals surface area contributed by atoms with E-state index in [0.29, 0.717) is 11.2 Å². The van der Waals surface area contributed by atoms with Crippen LogP contribution in [0.2, 0.25) is 0 Å². The maximum absolute atomic E-state index is 8.74. The van der Waals surface area contributed by atoms with Crippen LogP contribution in [-0.2, 0) is 0 Å². The van der Waals surface area contributed by atoms with E-state index in [1.807, 2.05) is 0 Å². The molecule has 6 heteroatoms. The summed E-state index contributed by atoms with van der Waals surface area (Å²) in [7, 11) is 0. The van der Waals surface area contributed by atoms with Crippen molar-refractivity contribution < 1.29 is 5.11 Å². The van der Waals surface area contributed by atoms with Crippen LogP contribution in [0.3, 0.4) is 0 Å². The van der Waals surface area contributed by atoms with Crippen molar-refractivity contribution in [1.29, 1.82) is 0 Å². The number of rotatable bonds is 0. The predicted molar refractivity (Wildman–Crippen MR) is 31.1 cm³/mol. The molecule has 0 amide bonds. The monoisotopic (exact) mass is 137 g/mol. The van der Waals surface area contributed by atoms with Gasteiger partial charge in [-0.2, -0.15) is 4.98 Å². The summed E-state index contributed by atoms with van der Waals surface area (Å²) in [6.45, 7) is 0. The molecule has 0 spiro atoms. The van der Waals surface area contributed by atoms with Gasteiger partial charge in [0.05, 0.1) is 6.20 Å². The van der Waals surface area contributed by atoms with E-state index in [2.05, 4.69) is 25.4 Å². The third-order valence-corrected chi connectivity index (χ3v) is 1.07. The van der Waals surface area contributed by atoms with Crippen molar-refractivity contribution in [1.82, 2.24) is 25.4 Å². The zero-order chi connectivity index (χ0) is 6.97. The summed E-state index contributed by atoms with van der Waals surface area (Å²) in [5, 5.41) is 18.3. The first-order valence-electron chi connectivity index (χ1n) is 2.59. The Labute approximate surface area is 54.9 Å². The molecule has 0 aliphatic heterocycles. The van der Waals surface area contributed by atoms with Gasteiger partial charge in [-0.25, -0.2) is 4.98 Å². The second-order valence-corrected chi connectivity index (χ2v) is 1.72. The number of aromatic amines is 1. The van der Waals surface area contributed by atoms with Gasteiger partial charge in [0.2, 0.25) is 5.65 Å². The Morgan fingerprint density at radius 2 is 2.40 bits per heavy atom. The number of nitrogens with one attached hydrogen (secondary N) is 1. The highest BCUT2D eigenvalue weighted by atomic mass is 16.3. The maximum atomic E-state index is 8.74. The first kappa shape index (κ1) is 5.10. The molecule has 0 saturated heterocycles. The summed E-state index contributed by atoms with van der Waals surface area (Å²) in [6, 6.07) is -0.290. The standard InChI is InChI=1S/C4H3N5O/c10-4-5-1-2-3(6-4)8-9-7-2/h1H,(H2,5,6,7,8,9,10). The van der Waals surface area contributed by atoms with Crippen molar-refractivity contribution in [2.75, 3.05) is 0 Å². The minimum Gasteiger partial charge on any atom is -0.479 e. The predicted octanol–water partition coefficient (Wildman–Crippen LogP) is -0.547. The summed E-state index contributed by atoms with van der Waals surface area (Å²) < 4.78 is 0. The van der Waals surface area contributed by atoms with E-state index >= 15 is 0 Å². The molecular formula is C4H3N5O. The van der Waals surface area contributed by atoms with Crippen molar-refractivity contribution in [3.8, 4) is 6.01 Å². The van der Waals surface area contributed by atoms with Gasteiger partial charge in [0.25, 0.3) is 0 Å². The molecule has 0 aliphatic rings. The molecule has 0 radical (unpaired) electrons. The smallest absolute Gasteiger partial charge is 0.316 e. The van der Waals surface area contributed by atoms with E-state index in [1.54, 1.807) is 0 Å². The molecule has 2 aromatic heterocycles. The summed E-state index contributed by atoms with van der Waals surface area (Å²) in [6.07, 6.45) is 1.41. The molecule has 0 atom stereocenters. The van der Waals surface area contributed by atoms with Gasteiger partial charge in [0.1, 0.15) is 5.52 Å². The lowest BCUT2D eigenvalue weighted by atomic mass is 10.6. The second-order valence-electron chi connectivity index (χ2n) is 1.72. The average molecular weight is 137 g/mol. The second kappa shape index (κ2) is 1.63. The molecule has 0 fully saturated rings. The number of aromatic hydroxyl groups is 1. The van der Waals surface area contributed by atoms with E-state index in [4.69, 9.17) is 5.11 Å². The van der Waals surface area contributed by atoms with Gasteiger partial charge in [-0.15, -0.1) is 5.10 Å². The van der Waals surface area contributed by atoms with Gasteiger partial charge in [-0.1, -0.05) is 5.21 Å². The van der Waals surface area contributed by atoms with Gasteiger partial charge in [0.15, 0.2) is 0 Å². The van der Waals surface area contributed by atoms with Crippen LogP contribution in [0.15, 0.2) is 6.20 Å². The summed E-state index contributed by atoms with van der Waals surface area (Å²) in [4.78, 5) is 7.09. The molecule has 0 aromatic carbocycles. The summed E-state index contributed by atoms with van der Waals surface area (Å²) >= 11 is 0. The molecule has 10 heavy (non-hydrogen) atoms. The Kier molecular flexibility index (Phi) is 0.830. The SMILES string of the molecule is Oc1ncc2[nH]nnc2n1. The zero-order valence-corrected chi connectivity index (χ0v) is 4.81. The number of aromatic nitrogens is 5. The number of hydrogen-bond donors (Lipinski definition) is 2. The Balaban J connectivity index is 2.86.